The van der Waals surface area contributed by atoms with Gasteiger partial charge in [0.2, 0.25) is 0 Å². The summed E-state index contributed by atoms with van der Waals surface area (Å²) in [6.07, 6.45) is 5.04. The van der Waals surface area contributed by atoms with Gasteiger partial charge in [-0.3, -0.25) is 9.69 Å². The van der Waals surface area contributed by atoms with Crippen LogP contribution in [0.25, 0.3) is 0 Å². The molecule has 98 valence electrons. The SMILES string of the molecule is CCC1CCCCC1(C(=O)O)N1CCOCC1. The number of hydrogen-bond donors (Lipinski definition) is 1. The Balaban J connectivity index is 2.25. The molecule has 0 aromatic carbocycles. The molecule has 2 atom stereocenters. The standard InChI is InChI=1S/C13H23NO3/c1-2-11-5-3-4-6-13(11,12(15)16)14-7-9-17-10-8-14/h11H,2-10H2,1H3,(H,15,16). The number of carboxylic acids is 1. The summed E-state index contributed by atoms with van der Waals surface area (Å²) in [4.78, 5) is 14.0. The van der Waals surface area contributed by atoms with Gasteiger partial charge in [0.1, 0.15) is 5.54 Å². The lowest BCUT2D eigenvalue weighted by Gasteiger charge is -2.49. The van der Waals surface area contributed by atoms with Crippen molar-refractivity contribution in [1.29, 1.82) is 0 Å². The van der Waals surface area contributed by atoms with E-state index in [1.807, 2.05) is 0 Å². The van der Waals surface area contributed by atoms with E-state index < -0.39 is 11.5 Å². The van der Waals surface area contributed by atoms with Crippen molar-refractivity contribution in [1.82, 2.24) is 4.90 Å². The van der Waals surface area contributed by atoms with Crippen LogP contribution >= 0.6 is 0 Å². The van der Waals surface area contributed by atoms with Crippen LogP contribution in [0.2, 0.25) is 0 Å². The molecule has 0 amide bonds. The lowest BCUT2D eigenvalue weighted by Crippen LogP contribution is -2.63. The van der Waals surface area contributed by atoms with Gasteiger partial charge in [-0.05, 0) is 18.8 Å². The number of rotatable bonds is 3. The molecule has 0 bridgehead atoms. The summed E-state index contributed by atoms with van der Waals surface area (Å²) in [5.41, 5.74) is -0.614. The van der Waals surface area contributed by atoms with E-state index >= 15 is 0 Å². The number of morpholine rings is 1. The van der Waals surface area contributed by atoms with Crippen LogP contribution in [0.5, 0.6) is 0 Å². The minimum absolute atomic E-state index is 0.298. The Morgan fingerprint density at radius 2 is 2.12 bits per heavy atom. The summed E-state index contributed by atoms with van der Waals surface area (Å²) in [5, 5.41) is 9.76. The zero-order valence-corrected chi connectivity index (χ0v) is 10.7. The van der Waals surface area contributed by atoms with Crippen LogP contribution in [0.1, 0.15) is 39.0 Å². The van der Waals surface area contributed by atoms with Gasteiger partial charge in [-0.25, -0.2) is 0 Å². The number of ether oxygens (including phenoxy) is 1. The third kappa shape index (κ3) is 2.20. The van der Waals surface area contributed by atoms with E-state index in [0.29, 0.717) is 19.1 Å². The predicted molar refractivity (Wildman–Crippen MR) is 65.0 cm³/mol. The number of carbonyl (C=O) groups is 1. The first-order chi connectivity index (χ1) is 8.21. The molecule has 0 radical (unpaired) electrons. The van der Waals surface area contributed by atoms with Crippen LogP contribution in [0.4, 0.5) is 0 Å². The van der Waals surface area contributed by atoms with Gasteiger partial charge in [0.25, 0.3) is 0 Å². The fourth-order valence-corrected chi connectivity index (χ4v) is 3.57. The molecule has 1 aliphatic carbocycles. The highest BCUT2D eigenvalue weighted by Gasteiger charge is 2.50. The molecule has 0 aromatic heterocycles. The highest BCUT2D eigenvalue weighted by molar-refractivity contribution is 5.79. The molecule has 2 unspecified atom stereocenters. The summed E-state index contributed by atoms with van der Waals surface area (Å²) in [6, 6.07) is 0. The van der Waals surface area contributed by atoms with E-state index in [4.69, 9.17) is 4.74 Å². The Labute approximate surface area is 103 Å². The van der Waals surface area contributed by atoms with Crippen LogP contribution < -0.4 is 0 Å². The molecular formula is C13H23NO3. The molecule has 1 saturated carbocycles. The summed E-state index contributed by atoms with van der Waals surface area (Å²) in [6.45, 7) is 5.00. The van der Waals surface area contributed by atoms with Gasteiger partial charge in [-0.1, -0.05) is 26.2 Å². The maximum atomic E-state index is 11.9. The molecule has 0 aromatic rings. The van der Waals surface area contributed by atoms with Gasteiger partial charge in [0.05, 0.1) is 13.2 Å². The summed E-state index contributed by atoms with van der Waals surface area (Å²) >= 11 is 0. The van der Waals surface area contributed by atoms with Crippen LogP contribution in [0.3, 0.4) is 0 Å². The highest BCUT2D eigenvalue weighted by Crippen LogP contribution is 2.41. The van der Waals surface area contributed by atoms with Crippen LogP contribution in [-0.2, 0) is 9.53 Å². The Bertz CT molecular complexity index is 276. The van der Waals surface area contributed by atoms with E-state index in [2.05, 4.69) is 11.8 Å². The highest BCUT2D eigenvalue weighted by atomic mass is 16.5. The smallest absolute Gasteiger partial charge is 0.324 e. The average molecular weight is 241 g/mol. The molecule has 1 N–H and O–H groups in total. The molecule has 2 fully saturated rings. The van der Waals surface area contributed by atoms with E-state index in [1.54, 1.807) is 0 Å². The molecule has 1 heterocycles. The van der Waals surface area contributed by atoms with Crippen molar-refractivity contribution >= 4 is 5.97 Å². The molecule has 17 heavy (non-hydrogen) atoms. The first-order valence-electron chi connectivity index (χ1n) is 6.78. The Hall–Kier alpha value is -0.610. The molecule has 2 rings (SSSR count). The van der Waals surface area contributed by atoms with Crippen molar-refractivity contribution in [3.05, 3.63) is 0 Å². The molecule has 4 heteroatoms. The molecular weight excluding hydrogens is 218 g/mol. The normalized spacial score (nSPS) is 35.7. The molecule has 1 saturated heterocycles. The Kier molecular flexibility index (Phi) is 4.05. The fraction of sp³-hybridized carbons (Fsp3) is 0.923. The Morgan fingerprint density at radius 1 is 1.41 bits per heavy atom. The van der Waals surface area contributed by atoms with E-state index in [-0.39, 0.29) is 0 Å². The first kappa shape index (κ1) is 12.8. The molecule has 0 spiro atoms. The van der Waals surface area contributed by atoms with E-state index in [0.717, 1.165) is 38.8 Å². The zero-order chi connectivity index (χ0) is 12.3. The second-order valence-electron chi connectivity index (χ2n) is 5.18. The zero-order valence-electron chi connectivity index (χ0n) is 10.7. The number of aliphatic carboxylic acids is 1. The van der Waals surface area contributed by atoms with Gasteiger partial charge in [-0.15, -0.1) is 0 Å². The van der Waals surface area contributed by atoms with Gasteiger partial charge in [0, 0.05) is 13.1 Å². The largest absolute Gasteiger partial charge is 0.480 e. The third-order valence-corrected chi connectivity index (χ3v) is 4.47. The van der Waals surface area contributed by atoms with Crippen molar-refractivity contribution in [2.75, 3.05) is 26.3 Å². The summed E-state index contributed by atoms with van der Waals surface area (Å²) in [5.74, 6) is -0.321. The van der Waals surface area contributed by atoms with Crippen molar-refractivity contribution in [2.45, 2.75) is 44.6 Å². The second-order valence-corrected chi connectivity index (χ2v) is 5.18. The van der Waals surface area contributed by atoms with Crippen molar-refractivity contribution in [3.8, 4) is 0 Å². The van der Waals surface area contributed by atoms with Crippen molar-refractivity contribution < 1.29 is 14.6 Å². The topological polar surface area (TPSA) is 49.8 Å². The molecule has 2 aliphatic rings. The lowest BCUT2D eigenvalue weighted by molar-refractivity contribution is -0.164. The minimum Gasteiger partial charge on any atom is -0.480 e. The third-order valence-electron chi connectivity index (χ3n) is 4.47. The molecule has 4 nitrogen and oxygen atoms in total. The monoisotopic (exact) mass is 241 g/mol. The van der Waals surface area contributed by atoms with Gasteiger partial charge in [-0.2, -0.15) is 0 Å². The maximum absolute atomic E-state index is 11.9. The first-order valence-corrected chi connectivity index (χ1v) is 6.78. The Morgan fingerprint density at radius 3 is 2.71 bits per heavy atom. The second kappa shape index (κ2) is 5.36. The lowest BCUT2D eigenvalue weighted by atomic mass is 9.70. The maximum Gasteiger partial charge on any atom is 0.324 e. The van der Waals surface area contributed by atoms with Crippen LogP contribution in [0.15, 0.2) is 0 Å². The number of nitrogens with zero attached hydrogens (tertiary/aromatic N) is 1. The summed E-state index contributed by atoms with van der Waals surface area (Å²) < 4.78 is 5.35. The fourth-order valence-electron chi connectivity index (χ4n) is 3.57. The van der Waals surface area contributed by atoms with E-state index in [9.17, 15) is 9.90 Å². The quantitative estimate of drug-likeness (QED) is 0.817. The average Bonchev–Trinajstić information content (AvgIpc) is 2.39. The van der Waals surface area contributed by atoms with Crippen molar-refractivity contribution in [2.24, 2.45) is 5.92 Å². The predicted octanol–water partition coefficient (Wildman–Crippen LogP) is 1.74. The van der Waals surface area contributed by atoms with Gasteiger partial charge < -0.3 is 9.84 Å². The van der Waals surface area contributed by atoms with Crippen LogP contribution in [0, 0.1) is 5.92 Å². The van der Waals surface area contributed by atoms with Gasteiger partial charge >= 0.3 is 5.97 Å². The van der Waals surface area contributed by atoms with Crippen LogP contribution in [-0.4, -0.2) is 47.8 Å². The number of hydrogen-bond acceptors (Lipinski definition) is 3. The molecule has 1 aliphatic heterocycles. The summed E-state index contributed by atoms with van der Waals surface area (Å²) in [7, 11) is 0. The van der Waals surface area contributed by atoms with E-state index in [1.165, 1.54) is 6.42 Å². The number of carboxylic acid groups (broad SMARTS) is 1. The minimum atomic E-state index is -0.619. The van der Waals surface area contributed by atoms with Gasteiger partial charge in [0.15, 0.2) is 0 Å². The van der Waals surface area contributed by atoms with Crippen molar-refractivity contribution in [3.63, 3.8) is 0 Å².